The van der Waals surface area contributed by atoms with Crippen molar-refractivity contribution in [2.75, 3.05) is 52.4 Å². The van der Waals surface area contributed by atoms with Crippen LogP contribution in [-0.2, 0) is 12.8 Å². The number of piperidine rings is 2. The van der Waals surface area contributed by atoms with Gasteiger partial charge in [0.15, 0.2) is 6.35 Å². The highest BCUT2D eigenvalue weighted by atomic mass is 16.3. The first-order chi connectivity index (χ1) is 20.5. The Labute approximate surface area is 253 Å². The van der Waals surface area contributed by atoms with Gasteiger partial charge in [0.05, 0.1) is 0 Å². The number of benzene rings is 2. The zero-order chi connectivity index (χ0) is 29.7. The molecule has 2 aromatic carbocycles. The van der Waals surface area contributed by atoms with Gasteiger partial charge < -0.3 is 26.8 Å². The van der Waals surface area contributed by atoms with Crippen LogP contribution in [0.2, 0.25) is 0 Å². The number of unbranched alkanes of at least 4 members (excludes halogenated alkanes) is 1. The van der Waals surface area contributed by atoms with Gasteiger partial charge in [-0.2, -0.15) is 0 Å². The molecule has 2 amide bonds. The lowest BCUT2D eigenvalue weighted by atomic mass is 9.74. The van der Waals surface area contributed by atoms with Gasteiger partial charge in [-0.1, -0.05) is 60.7 Å². The number of aliphatic hydroxyl groups is 1. The number of aliphatic hydroxyl groups excluding tert-OH is 1. The minimum absolute atomic E-state index is 0.0284. The van der Waals surface area contributed by atoms with Crippen LogP contribution in [-0.4, -0.2) is 79.6 Å². The van der Waals surface area contributed by atoms with Crippen molar-refractivity contribution >= 4 is 6.03 Å². The highest BCUT2D eigenvalue weighted by Crippen LogP contribution is 2.36. The number of hydrogen-bond acceptors (Lipinski definition) is 6. The Hall–Kier alpha value is -2.49. The summed E-state index contributed by atoms with van der Waals surface area (Å²) in [6.07, 6.45) is 9.32. The van der Waals surface area contributed by atoms with Gasteiger partial charge in [0, 0.05) is 32.7 Å². The molecule has 0 radical (unpaired) electrons. The Morgan fingerprint density at radius 1 is 0.762 bits per heavy atom. The molecular weight excluding hydrogens is 524 g/mol. The van der Waals surface area contributed by atoms with Crippen molar-refractivity contribution in [1.29, 1.82) is 0 Å². The molecule has 0 aromatic heterocycles. The van der Waals surface area contributed by atoms with Crippen LogP contribution < -0.4 is 22.1 Å². The summed E-state index contributed by atoms with van der Waals surface area (Å²) in [5.74, 6) is 0. The van der Waals surface area contributed by atoms with Crippen molar-refractivity contribution in [2.24, 2.45) is 22.3 Å². The first-order valence-electron chi connectivity index (χ1n) is 16.1. The zero-order valence-electron chi connectivity index (χ0n) is 25.5. The third-order valence-corrected chi connectivity index (χ3v) is 9.96. The smallest absolute Gasteiger partial charge is 0.317 e. The van der Waals surface area contributed by atoms with Crippen LogP contribution in [0, 0.1) is 10.8 Å². The number of amides is 2. The molecule has 2 aromatic rings. The van der Waals surface area contributed by atoms with Crippen molar-refractivity contribution in [3.63, 3.8) is 0 Å². The Morgan fingerprint density at radius 3 is 1.74 bits per heavy atom. The van der Waals surface area contributed by atoms with Crippen molar-refractivity contribution in [3.8, 4) is 0 Å². The summed E-state index contributed by atoms with van der Waals surface area (Å²) in [6.45, 7) is 5.96. The number of nitrogens with zero attached hydrogens (tertiary/aromatic N) is 2. The zero-order valence-corrected chi connectivity index (χ0v) is 25.5. The van der Waals surface area contributed by atoms with E-state index in [9.17, 15) is 9.90 Å². The number of carbonyl (C=O) groups is 1. The van der Waals surface area contributed by atoms with Crippen LogP contribution in [0.1, 0.15) is 62.5 Å². The lowest BCUT2D eigenvalue weighted by molar-refractivity contribution is -0.0542. The largest absolute Gasteiger partial charge is 0.365 e. The Morgan fingerprint density at radius 2 is 1.24 bits per heavy atom. The van der Waals surface area contributed by atoms with Gasteiger partial charge in [-0.3, -0.25) is 10.2 Å². The van der Waals surface area contributed by atoms with Crippen LogP contribution in [0.4, 0.5) is 4.79 Å². The standard InChI is InChI=1S/C34H54N6O2/c35-27-33(15-13-29-9-3-1-4-10-29)17-23-39(24-18-33)31(41)37-21-7-8-22-38-32(42)40-25-19-34(28-36,20-26-40)16-14-30-11-5-2-6-12-30/h1-6,9-12,31,37,41H,7-8,13-28,35-36H2,(H,38,42). The minimum Gasteiger partial charge on any atom is -0.365 e. The molecule has 0 saturated carbocycles. The predicted molar refractivity (Wildman–Crippen MR) is 171 cm³/mol. The quantitative estimate of drug-likeness (QED) is 0.162. The number of rotatable bonds is 15. The van der Waals surface area contributed by atoms with Crippen molar-refractivity contribution in [1.82, 2.24) is 20.4 Å². The van der Waals surface area contributed by atoms with E-state index in [1.165, 1.54) is 11.1 Å². The lowest BCUT2D eigenvalue weighted by Gasteiger charge is -2.43. The molecule has 2 aliphatic heterocycles. The van der Waals surface area contributed by atoms with E-state index in [1.807, 2.05) is 4.90 Å². The molecule has 1 atom stereocenters. The molecule has 2 aliphatic rings. The summed E-state index contributed by atoms with van der Waals surface area (Å²) >= 11 is 0. The molecule has 2 saturated heterocycles. The molecule has 4 rings (SSSR count). The third kappa shape index (κ3) is 9.51. The van der Waals surface area contributed by atoms with E-state index >= 15 is 0 Å². The summed E-state index contributed by atoms with van der Waals surface area (Å²) in [5.41, 5.74) is 15.5. The Kier molecular flexibility index (Phi) is 12.6. The molecule has 232 valence electrons. The van der Waals surface area contributed by atoms with Gasteiger partial charge in [0.25, 0.3) is 0 Å². The highest BCUT2D eigenvalue weighted by molar-refractivity contribution is 5.74. The fourth-order valence-corrected chi connectivity index (χ4v) is 6.57. The topological polar surface area (TPSA) is 120 Å². The van der Waals surface area contributed by atoms with E-state index in [0.29, 0.717) is 26.2 Å². The van der Waals surface area contributed by atoms with Gasteiger partial charge in [0.1, 0.15) is 0 Å². The van der Waals surface area contributed by atoms with E-state index in [-0.39, 0.29) is 16.9 Å². The van der Waals surface area contributed by atoms with E-state index in [2.05, 4.69) is 76.2 Å². The summed E-state index contributed by atoms with van der Waals surface area (Å²) in [5, 5.41) is 17.1. The number of aryl methyl sites for hydroxylation is 2. The van der Waals surface area contributed by atoms with Crippen molar-refractivity contribution < 1.29 is 9.90 Å². The molecule has 0 spiro atoms. The maximum atomic E-state index is 12.7. The monoisotopic (exact) mass is 578 g/mol. The molecule has 0 bridgehead atoms. The number of carbonyl (C=O) groups excluding carboxylic acids is 1. The summed E-state index contributed by atoms with van der Waals surface area (Å²) in [6, 6.07) is 21.2. The maximum absolute atomic E-state index is 12.7. The minimum atomic E-state index is -0.637. The van der Waals surface area contributed by atoms with E-state index in [0.717, 1.165) is 90.4 Å². The van der Waals surface area contributed by atoms with Crippen LogP contribution in [0.5, 0.6) is 0 Å². The highest BCUT2D eigenvalue weighted by Gasteiger charge is 2.35. The second-order valence-corrected chi connectivity index (χ2v) is 12.7. The van der Waals surface area contributed by atoms with Crippen molar-refractivity contribution in [2.45, 2.75) is 70.6 Å². The first-order valence-corrected chi connectivity index (χ1v) is 16.1. The first kappa shape index (κ1) is 32.4. The number of likely N-dealkylation sites (tertiary alicyclic amines) is 2. The predicted octanol–water partition coefficient (Wildman–Crippen LogP) is 3.69. The number of nitrogens with two attached hydrogens (primary N) is 2. The molecule has 0 aliphatic carbocycles. The molecule has 8 nitrogen and oxygen atoms in total. The molecule has 2 heterocycles. The van der Waals surface area contributed by atoms with E-state index in [4.69, 9.17) is 11.5 Å². The second kappa shape index (κ2) is 16.4. The Balaban J connectivity index is 1.05. The fraction of sp³-hybridized carbons (Fsp3) is 0.618. The number of nitrogens with one attached hydrogen (secondary N) is 2. The second-order valence-electron chi connectivity index (χ2n) is 12.7. The average molecular weight is 579 g/mol. The maximum Gasteiger partial charge on any atom is 0.317 e. The van der Waals surface area contributed by atoms with Gasteiger partial charge in [-0.25, -0.2) is 4.79 Å². The van der Waals surface area contributed by atoms with Crippen LogP contribution in [0.3, 0.4) is 0 Å². The summed E-state index contributed by atoms with van der Waals surface area (Å²) in [4.78, 5) is 16.8. The van der Waals surface area contributed by atoms with Gasteiger partial charge >= 0.3 is 6.03 Å². The SMILES string of the molecule is NCC1(CCc2ccccc2)CCN(C(=O)NCCCCNC(O)N2CCC(CN)(CCc3ccccc3)CC2)CC1. The molecular formula is C34H54N6O2. The van der Waals surface area contributed by atoms with Crippen LogP contribution >= 0.6 is 0 Å². The number of hydrogen-bond donors (Lipinski definition) is 5. The summed E-state index contributed by atoms with van der Waals surface area (Å²) in [7, 11) is 0. The molecule has 8 heteroatoms. The van der Waals surface area contributed by atoms with E-state index in [1.54, 1.807) is 0 Å². The van der Waals surface area contributed by atoms with Crippen LogP contribution in [0.15, 0.2) is 60.7 Å². The van der Waals surface area contributed by atoms with Gasteiger partial charge in [-0.15, -0.1) is 0 Å². The lowest BCUT2D eigenvalue weighted by Crippen LogP contribution is -2.52. The fourth-order valence-electron chi connectivity index (χ4n) is 6.57. The Bertz CT molecular complexity index is 1040. The van der Waals surface area contributed by atoms with Gasteiger partial charge in [0.2, 0.25) is 0 Å². The summed E-state index contributed by atoms with van der Waals surface area (Å²) < 4.78 is 0. The molecule has 42 heavy (non-hydrogen) atoms. The number of urea groups is 1. The normalized spacial score (nSPS) is 19.4. The van der Waals surface area contributed by atoms with Gasteiger partial charge in [-0.05, 0) is 106 Å². The average Bonchev–Trinajstić information content (AvgIpc) is 3.05. The molecule has 1 unspecified atom stereocenters. The molecule has 2 fully saturated rings. The van der Waals surface area contributed by atoms with Crippen LogP contribution in [0.25, 0.3) is 0 Å². The van der Waals surface area contributed by atoms with E-state index < -0.39 is 6.35 Å². The van der Waals surface area contributed by atoms with Crippen molar-refractivity contribution in [3.05, 3.63) is 71.8 Å². The molecule has 7 N–H and O–H groups in total. The third-order valence-electron chi connectivity index (χ3n) is 9.96.